The largest absolute Gasteiger partial charge is 0.457 e. The van der Waals surface area contributed by atoms with Crippen LogP contribution < -0.4 is 10.5 Å². The summed E-state index contributed by atoms with van der Waals surface area (Å²) in [6.07, 6.45) is 0. The summed E-state index contributed by atoms with van der Waals surface area (Å²) in [6.45, 7) is 1.000. The van der Waals surface area contributed by atoms with Crippen molar-refractivity contribution in [3.8, 4) is 11.5 Å². The molecule has 0 unspecified atom stereocenters. The molecule has 2 aliphatic heterocycles. The molecule has 5 nitrogen and oxygen atoms in total. The van der Waals surface area contributed by atoms with E-state index >= 15 is 0 Å². The topological polar surface area (TPSA) is 66.1 Å². The standard InChI is InChI=1S/C16H14N2O3/c17-15-13-7-6-12(21-11-4-2-1-3-5-11)10-14(13)16(18-15)19-8-9-20-16/h1-7,10H,8-9H2,(H2,17,18). The predicted molar refractivity (Wildman–Crippen MR) is 77.3 cm³/mol. The van der Waals surface area contributed by atoms with Gasteiger partial charge in [-0.15, -0.1) is 0 Å². The van der Waals surface area contributed by atoms with E-state index < -0.39 is 5.91 Å². The smallest absolute Gasteiger partial charge is 0.300 e. The number of nitrogens with zero attached hydrogens (tertiary/aromatic N) is 1. The molecule has 5 heteroatoms. The van der Waals surface area contributed by atoms with E-state index in [1.165, 1.54) is 0 Å². The lowest BCUT2D eigenvalue weighted by atomic mass is 10.1. The molecule has 0 aromatic heterocycles. The van der Waals surface area contributed by atoms with Crippen molar-refractivity contribution in [2.24, 2.45) is 10.7 Å². The fraction of sp³-hybridized carbons (Fsp3) is 0.188. The minimum atomic E-state index is -1.09. The fourth-order valence-electron chi connectivity index (χ4n) is 2.60. The van der Waals surface area contributed by atoms with E-state index in [1.54, 1.807) is 0 Å². The van der Waals surface area contributed by atoms with Gasteiger partial charge in [0, 0.05) is 5.56 Å². The molecular weight excluding hydrogens is 268 g/mol. The van der Waals surface area contributed by atoms with Gasteiger partial charge in [-0.1, -0.05) is 18.2 Å². The zero-order chi connectivity index (χ0) is 14.3. The van der Waals surface area contributed by atoms with Crippen LogP contribution in [0, 0.1) is 0 Å². The number of hydrogen-bond acceptors (Lipinski definition) is 5. The zero-order valence-electron chi connectivity index (χ0n) is 11.3. The average Bonchev–Trinajstić information content (AvgIpc) is 3.07. The number of ether oxygens (including phenoxy) is 3. The van der Waals surface area contributed by atoms with Crippen molar-refractivity contribution < 1.29 is 14.2 Å². The van der Waals surface area contributed by atoms with Crippen molar-refractivity contribution in [2.45, 2.75) is 5.91 Å². The summed E-state index contributed by atoms with van der Waals surface area (Å²) in [4.78, 5) is 4.33. The van der Waals surface area contributed by atoms with Gasteiger partial charge in [-0.05, 0) is 30.3 Å². The molecule has 2 aromatic rings. The fourth-order valence-corrected chi connectivity index (χ4v) is 2.60. The van der Waals surface area contributed by atoms with Crippen LogP contribution in [-0.4, -0.2) is 19.0 Å². The van der Waals surface area contributed by atoms with Crippen LogP contribution in [-0.2, 0) is 15.4 Å². The van der Waals surface area contributed by atoms with Gasteiger partial charge in [0.25, 0.3) is 0 Å². The quantitative estimate of drug-likeness (QED) is 0.918. The summed E-state index contributed by atoms with van der Waals surface area (Å²) in [5.41, 5.74) is 7.58. The average molecular weight is 282 g/mol. The second-order valence-electron chi connectivity index (χ2n) is 4.90. The third-order valence-electron chi connectivity index (χ3n) is 3.53. The number of amidine groups is 1. The van der Waals surface area contributed by atoms with Crippen LogP contribution in [0.2, 0.25) is 0 Å². The molecule has 2 aromatic carbocycles. The molecule has 2 N–H and O–H groups in total. The first kappa shape index (κ1) is 12.4. The Kier molecular flexibility index (Phi) is 2.70. The number of fused-ring (bicyclic) bond motifs is 2. The Bertz CT molecular complexity index is 707. The summed E-state index contributed by atoms with van der Waals surface area (Å²) in [5.74, 6) is 0.809. The van der Waals surface area contributed by atoms with E-state index in [0.29, 0.717) is 24.8 Å². The Morgan fingerprint density at radius 1 is 1.00 bits per heavy atom. The summed E-state index contributed by atoms with van der Waals surface area (Å²) in [7, 11) is 0. The van der Waals surface area contributed by atoms with Crippen molar-refractivity contribution in [2.75, 3.05) is 13.2 Å². The minimum Gasteiger partial charge on any atom is -0.457 e. The maximum absolute atomic E-state index is 5.95. The normalized spacial score (nSPS) is 18.6. The van der Waals surface area contributed by atoms with E-state index in [2.05, 4.69) is 4.99 Å². The third-order valence-corrected chi connectivity index (χ3v) is 3.53. The Morgan fingerprint density at radius 3 is 2.52 bits per heavy atom. The van der Waals surface area contributed by atoms with Crippen LogP contribution in [0.3, 0.4) is 0 Å². The molecule has 106 valence electrons. The van der Waals surface area contributed by atoms with E-state index in [-0.39, 0.29) is 0 Å². The van der Waals surface area contributed by atoms with Gasteiger partial charge in [-0.3, -0.25) is 0 Å². The van der Waals surface area contributed by atoms with Crippen molar-refractivity contribution >= 4 is 5.84 Å². The first-order valence-corrected chi connectivity index (χ1v) is 6.78. The lowest BCUT2D eigenvalue weighted by Gasteiger charge is -2.19. The van der Waals surface area contributed by atoms with Gasteiger partial charge in [0.15, 0.2) is 0 Å². The van der Waals surface area contributed by atoms with Gasteiger partial charge in [-0.25, -0.2) is 4.99 Å². The molecule has 0 atom stereocenters. The Balaban J connectivity index is 1.72. The monoisotopic (exact) mass is 282 g/mol. The Morgan fingerprint density at radius 2 is 1.76 bits per heavy atom. The number of nitrogens with two attached hydrogens (primary N) is 1. The van der Waals surface area contributed by atoms with Crippen LogP contribution in [0.25, 0.3) is 0 Å². The molecule has 0 saturated carbocycles. The van der Waals surface area contributed by atoms with E-state index in [0.717, 1.165) is 16.9 Å². The summed E-state index contributed by atoms with van der Waals surface area (Å²) < 4.78 is 17.2. The maximum Gasteiger partial charge on any atom is 0.300 e. The van der Waals surface area contributed by atoms with Crippen LogP contribution in [0.1, 0.15) is 11.1 Å². The maximum atomic E-state index is 5.95. The van der Waals surface area contributed by atoms with Crippen molar-refractivity contribution in [3.63, 3.8) is 0 Å². The van der Waals surface area contributed by atoms with Crippen LogP contribution in [0.5, 0.6) is 11.5 Å². The summed E-state index contributed by atoms with van der Waals surface area (Å²) in [6, 6.07) is 15.2. The Hall–Kier alpha value is -2.37. The number of hydrogen-bond donors (Lipinski definition) is 1. The zero-order valence-corrected chi connectivity index (χ0v) is 11.3. The van der Waals surface area contributed by atoms with Crippen molar-refractivity contribution in [1.29, 1.82) is 0 Å². The number of rotatable bonds is 2. The highest BCUT2D eigenvalue weighted by Crippen LogP contribution is 2.41. The van der Waals surface area contributed by atoms with Crippen LogP contribution in [0.4, 0.5) is 0 Å². The van der Waals surface area contributed by atoms with Gasteiger partial charge < -0.3 is 19.9 Å². The van der Waals surface area contributed by atoms with Crippen LogP contribution >= 0.6 is 0 Å². The van der Waals surface area contributed by atoms with Crippen LogP contribution in [0.15, 0.2) is 53.5 Å². The number of benzene rings is 2. The van der Waals surface area contributed by atoms with E-state index in [4.69, 9.17) is 19.9 Å². The lowest BCUT2D eigenvalue weighted by molar-refractivity contribution is -0.155. The number of para-hydroxylation sites is 1. The van der Waals surface area contributed by atoms with Crippen molar-refractivity contribution in [1.82, 2.24) is 0 Å². The molecule has 1 saturated heterocycles. The third kappa shape index (κ3) is 1.98. The molecule has 0 amide bonds. The molecule has 21 heavy (non-hydrogen) atoms. The summed E-state index contributed by atoms with van der Waals surface area (Å²) >= 11 is 0. The number of aliphatic imine (C=N–C) groups is 1. The highest BCUT2D eigenvalue weighted by atomic mass is 16.8. The highest BCUT2D eigenvalue weighted by molar-refractivity contribution is 6.01. The Labute approximate surface area is 122 Å². The van der Waals surface area contributed by atoms with E-state index in [1.807, 2.05) is 48.5 Å². The molecule has 1 spiro atoms. The van der Waals surface area contributed by atoms with Gasteiger partial charge >= 0.3 is 5.91 Å². The molecule has 2 heterocycles. The van der Waals surface area contributed by atoms with Gasteiger partial charge in [0.05, 0.1) is 18.8 Å². The van der Waals surface area contributed by atoms with Gasteiger partial charge in [-0.2, -0.15) is 0 Å². The highest BCUT2D eigenvalue weighted by Gasteiger charge is 2.45. The minimum absolute atomic E-state index is 0.429. The second kappa shape index (κ2) is 4.58. The molecule has 0 aliphatic carbocycles. The summed E-state index contributed by atoms with van der Waals surface area (Å²) in [5, 5.41) is 0. The molecule has 0 radical (unpaired) electrons. The first-order chi connectivity index (χ1) is 10.3. The molecule has 1 fully saturated rings. The molecule has 4 rings (SSSR count). The van der Waals surface area contributed by atoms with Crippen molar-refractivity contribution in [3.05, 3.63) is 59.7 Å². The predicted octanol–water partition coefficient (Wildman–Crippen LogP) is 2.35. The molecular formula is C16H14N2O3. The molecule has 0 bridgehead atoms. The van der Waals surface area contributed by atoms with Gasteiger partial charge in [0.2, 0.25) is 0 Å². The molecule has 2 aliphatic rings. The van der Waals surface area contributed by atoms with Gasteiger partial charge in [0.1, 0.15) is 17.3 Å². The SMILES string of the molecule is NC1=NC2(OCCO2)c2cc(Oc3ccccc3)ccc21. The second-order valence-corrected chi connectivity index (χ2v) is 4.90. The lowest BCUT2D eigenvalue weighted by Crippen LogP contribution is -2.22. The first-order valence-electron chi connectivity index (χ1n) is 6.78. The van der Waals surface area contributed by atoms with E-state index in [9.17, 15) is 0 Å².